The number of hydrogen-bond donors (Lipinski definition) is 2. The number of hydrogen-bond acceptors (Lipinski definition) is 5. The van der Waals surface area contributed by atoms with Crippen LogP contribution in [0, 0.1) is 13.8 Å². The molecule has 0 saturated heterocycles. The molecule has 0 saturated carbocycles. The molecule has 32 heavy (non-hydrogen) atoms. The second-order valence-electron chi connectivity index (χ2n) is 7.48. The summed E-state index contributed by atoms with van der Waals surface area (Å²) in [6.07, 6.45) is 3.52. The van der Waals surface area contributed by atoms with Crippen molar-refractivity contribution < 1.29 is 19.0 Å². The number of pyridine rings is 1. The van der Waals surface area contributed by atoms with E-state index < -0.39 is 0 Å². The maximum absolute atomic E-state index is 12.4. The average Bonchev–Trinajstić information content (AvgIpc) is 2.78. The van der Waals surface area contributed by atoms with Gasteiger partial charge in [0.2, 0.25) is 11.7 Å². The van der Waals surface area contributed by atoms with Crippen LogP contribution >= 0.6 is 0 Å². The largest absolute Gasteiger partial charge is 0.493 e. The number of rotatable bonds is 8. The van der Waals surface area contributed by atoms with Crippen molar-refractivity contribution in [3.8, 4) is 17.2 Å². The van der Waals surface area contributed by atoms with Crippen molar-refractivity contribution in [2.75, 3.05) is 27.9 Å². The lowest BCUT2D eigenvalue weighted by Gasteiger charge is -2.12. The van der Waals surface area contributed by atoms with Gasteiger partial charge in [0, 0.05) is 23.7 Å². The van der Waals surface area contributed by atoms with Gasteiger partial charge in [0.15, 0.2) is 11.5 Å². The lowest BCUT2D eigenvalue weighted by Crippen LogP contribution is -2.25. The third-order valence-corrected chi connectivity index (χ3v) is 5.34. The van der Waals surface area contributed by atoms with E-state index in [1.165, 1.54) is 33.0 Å². The van der Waals surface area contributed by atoms with Crippen LogP contribution in [0.5, 0.6) is 17.2 Å². The highest BCUT2D eigenvalue weighted by Gasteiger charge is 2.12. The van der Waals surface area contributed by atoms with E-state index in [0.717, 1.165) is 22.0 Å². The molecule has 7 heteroatoms. The topological polar surface area (TPSA) is 89.7 Å². The molecule has 1 heterocycles. The van der Waals surface area contributed by atoms with Gasteiger partial charge >= 0.3 is 0 Å². The smallest absolute Gasteiger partial charge is 0.251 e. The second-order valence-corrected chi connectivity index (χ2v) is 7.48. The highest BCUT2D eigenvalue weighted by molar-refractivity contribution is 5.92. The van der Waals surface area contributed by atoms with Crippen molar-refractivity contribution >= 4 is 22.9 Å². The molecule has 7 nitrogen and oxygen atoms in total. The Morgan fingerprint density at radius 1 is 0.969 bits per heavy atom. The zero-order valence-electron chi connectivity index (χ0n) is 19.0. The molecule has 0 unspecified atom stereocenters. The fourth-order valence-electron chi connectivity index (χ4n) is 3.46. The van der Waals surface area contributed by atoms with E-state index in [4.69, 9.17) is 14.2 Å². The summed E-state index contributed by atoms with van der Waals surface area (Å²) in [7, 11) is 4.61. The molecule has 1 amide bonds. The number of amides is 1. The van der Waals surface area contributed by atoms with Gasteiger partial charge in [0.1, 0.15) is 0 Å². The fraction of sp³-hybridized carbons (Fsp3) is 0.280. The van der Waals surface area contributed by atoms with E-state index in [-0.39, 0.29) is 11.5 Å². The standard InChI is InChI=1S/C25H28N2O5/c1-15-10-19-14-18(25(29)27-20(19)11-16(15)2)8-9-26-23(28)7-6-17-12-21(30-3)24(32-5)22(13-17)31-4/h6-7,10-14H,8-9H2,1-5H3,(H,26,28)(H,27,29). The van der Waals surface area contributed by atoms with Crippen molar-refractivity contribution in [2.24, 2.45) is 0 Å². The minimum absolute atomic E-state index is 0.136. The minimum Gasteiger partial charge on any atom is -0.493 e. The highest BCUT2D eigenvalue weighted by atomic mass is 16.5. The number of aromatic amines is 1. The Labute approximate surface area is 187 Å². The first kappa shape index (κ1) is 22.9. The molecule has 0 radical (unpaired) electrons. The molecule has 1 aromatic heterocycles. The number of methoxy groups -OCH3 is 3. The molecule has 0 aliphatic rings. The zero-order chi connectivity index (χ0) is 23.3. The summed E-state index contributed by atoms with van der Waals surface area (Å²) < 4.78 is 15.9. The predicted molar refractivity (Wildman–Crippen MR) is 126 cm³/mol. The number of aromatic nitrogens is 1. The molecule has 0 aliphatic heterocycles. The summed E-state index contributed by atoms with van der Waals surface area (Å²) in [4.78, 5) is 27.5. The predicted octanol–water partition coefficient (Wildman–Crippen LogP) is 3.54. The maximum Gasteiger partial charge on any atom is 0.251 e. The quantitative estimate of drug-likeness (QED) is 0.527. The molecule has 0 aliphatic carbocycles. The van der Waals surface area contributed by atoms with Gasteiger partial charge in [-0.2, -0.15) is 0 Å². The van der Waals surface area contributed by atoms with Crippen LogP contribution in [0.4, 0.5) is 0 Å². The molecule has 0 atom stereocenters. The lowest BCUT2D eigenvalue weighted by atomic mass is 10.0. The molecular weight excluding hydrogens is 408 g/mol. The Hall–Kier alpha value is -3.74. The average molecular weight is 437 g/mol. The van der Waals surface area contributed by atoms with Crippen LogP contribution in [0.1, 0.15) is 22.3 Å². The van der Waals surface area contributed by atoms with Crippen LogP contribution < -0.4 is 25.1 Å². The summed E-state index contributed by atoms with van der Waals surface area (Å²) in [6.45, 7) is 4.40. The summed E-state index contributed by atoms with van der Waals surface area (Å²) in [6, 6.07) is 9.43. The first-order valence-corrected chi connectivity index (χ1v) is 10.2. The molecule has 0 bridgehead atoms. The van der Waals surface area contributed by atoms with Crippen molar-refractivity contribution in [1.29, 1.82) is 0 Å². The van der Waals surface area contributed by atoms with Gasteiger partial charge in [-0.1, -0.05) is 0 Å². The number of aryl methyl sites for hydroxylation is 2. The number of carbonyl (C=O) groups excluding carboxylic acids is 1. The number of fused-ring (bicyclic) bond motifs is 1. The van der Waals surface area contributed by atoms with Crippen molar-refractivity contribution in [1.82, 2.24) is 10.3 Å². The number of nitrogens with one attached hydrogen (secondary N) is 2. The van der Waals surface area contributed by atoms with Crippen LogP contribution in [-0.2, 0) is 11.2 Å². The first-order valence-electron chi connectivity index (χ1n) is 10.2. The van der Waals surface area contributed by atoms with Gasteiger partial charge in [-0.05, 0) is 78.8 Å². The number of H-pyrrole nitrogens is 1. The normalized spacial score (nSPS) is 11.0. The molecule has 3 aromatic rings. The van der Waals surface area contributed by atoms with Gasteiger partial charge in [-0.3, -0.25) is 9.59 Å². The molecule has 2 aromatic carbocycles. The summed E-state index contributed by atoms with van der Waals surface area (Å²) >= 11 is 0. The third-order valence-electron chi connectivity index (χ3n) is 5.34. The number of carbonyl (C=O) groups is 1. The summed E-state index contributed by atoms with van der Waals surface area (Å²) in [5, 5.41) is 3.79. The van der Waals surface area contributed by atoms with Gasteiger partial charge in [-0.25, -0.2) is 0 Å². The molecule has 3 rings (SSSR count). The van der Waals surface area contributed by atoms with Gasteiger partial charge in [0.05, 0.1) is 21.3 Å². The molecule has 0 fully saturated rings. The van der Waals surface area contributed by atoms with Crippen molar-refractivity contribution in [3.63, 3.8) is 0 Å². The van der Waals surface area contributed by atoms with Crippen LogP contribution in [-0.4, -0.2) is 38.8 Å². The molecule has 168 valence electrons. The minimum atomic E-state index is -0.262. The van der Waals surface area contributed by atoms with E-state index in [1.807, 2.05) is 26.0 Å². The lowest BCUT2D eigenvalue weighted by molar-refractivity contribution is -0.116. The van der Waals surface area contributed by atoms with Gasteiger partial charge in [-0.15, -0.1) is 0 Å². The van der Waals surface area contributed by atoms with E-state index in [2.05, 4.69) is 16.4 Å². The SMILES string of the molecule is COc1cc(C=CC(=O)NCCc2cc3cc(C)c(C)cc3[nH]c2=O)cc(OC)c1OC. The first-order chi connectivity index (χ1) is 15.4. The molecule has 2 N–H and O–H groups in total. The monoisotopic (exact) mass is 436 g/mol. The van der Waals surface area contributed by atoms with Crippen LogP contribution in [0.3, 0.4) is 0 Å². The Morgan fingerprint density at radius 2 is 1.62 bits per heavy atom. The molecule has 0 spiro atoms. The molecular formula is C25H28N2O5. The number of ether oxygens (including phenoxy) is 3. The van der Waals surface area contributed by atoms with Crippen molar-refractivity contribution in [3.05, 3.63) is 69.0 Å². The highest BCUT2D eigenvalue weighted by Crippen LogP contribution is 2.38. The second kappa shape index (κ2) is 10.0. The Balaban J connectivity index is 1.65. The Kier molecular flexibility index (Phi) is 7.20. The summed E-state index contributed by atoms with van der Waals surface area (Å²) in [5.41, 5.74) is 4.34. The van der Waals surface area contributed by atoms with Crippen molar-refractivity contribution in [2.45, 2.75) is 20.3 Å². The van der Waals surface area contributed by atoms with E-state index >= 15 is 0 Å². The van der Waals surface area contributed by atoms with Gasteiger partial charge in [0.25, 0.3) is 5.56 Å². The Bertz CT molecular complexity index is 1200. The summed E-state index contributed by atoms with van der Waals surface area (Å²) in [5.74, 6) is 1.24. The third kappa shape index (κ3) is 5.11. The van der Waals surface area contributed by atoms with Crippen LogP contribution in [0.15, 0.2) is 41.2 Å². The van der Waals surface area contributed by atoms with E-state index in [1.54, 1.807) is 18.2 Å². The van der Waals surface area contributed by atoms with E-state index in [9.17, 15) is 9.59 Å². The number of benzene rings is 2. The van der Waals surface area contributed by atoms with Crippen LogP contribution in [0.2, 0.25) is 0 Å². The van der Waals surface area contributed by atoms with Gasteiger partial charge < -0.3 is 24.5 Å². The van der Waals surface area contributed by atoms with E-state index in [0.29, 0.717) is 35.8 Å². The fourth-order valence-corrected chi connectivity index (χ4v) is 3.46. The zero-order valence-corrected chi connectivity index (χ0v) is 19.0. The Morgan fingerprint density at radius 3 is 2.25 bits per heavy atom. The maximum atomic E-state index is 12.4. The van der Waals surface area contributed by atoms with Crippen LogP contribution in [0.25, 0.3) is 17.0 Å².